The summed E-state index contributed by atoms with van der Waals surface area (Å²) in [5.74, 6) is 0.731. The van der Waals surface area contributed by atoms with E-state index in [0.29, 0.717) is 11.5 Å². The Morgan fingerprint density at radius 3 is 1.89 bits per heavy atom. The van der Waals surface area contributed by atoms with Crippen LogP contribution in [-0.2, 0) is 21.7 Å². The predicted molar refractivity (Wildman–Crippen MR) is 118 cm³/mol. The number of phenols is 2. The van der Waals surface area contributed by atoms with Crippen LogP contribution >= 0.6 is 0 Å². The zero-order valence-corrected chi connectivity index (χ0v) is 19.0. The first kappa shape index (κ1) is 20.8. The van der Waals surface area contributed by atoms with Gasteiger partial charge >= 0.3 is 0 Å². The van der Waals surface area contributed by atoms with Crippen LogP contribution in [0, 0.1) is 0 Å². The fraction of sp³-hybridized carbons (Fsp3) is 0.538. The van der Waals surface area contributed by atoms with Crippen molar-refractivity contribution in [1.29, 1.82) is 0 Å². The molecule has 28 heavy (non-hydrogen) atoms. The molecule has 0 spiro atoms. The Labute approximate surface area is 170 Å². The van der Waals surface area contributed by atoms with Crippen molar-refractivity contribution in [3.05, 3.63) is 58.1 Å². The van der Waals surface area contributed by atoms with E-state index in [1.54, 1.807) is 0 Å². The molecule has 0 aliphatic heterocycles. The number of hydrogen-bond donors (Lipinski definition) is 2. The van der Waals surface area contributed by atoms with Crippen LogP contribution in [-0.4, -0.2) is 10.2 Å². The molecular formula is C26H36O2. The Morgan fingerprint density at radius 1 is 0.786 bits per heavy atom. The molecule has 2 heteroatoms. The van der Waals surface area contributed by atoms with Gasteiger partial charge in [-0.3, -0.25) is 0 Å². The van der Waals surface area contributed by atoms with Gasteiger partial charge in [-0.2, -0.15) is 0 Å². The average molecular weight is 381 g/mol. The third-order valence-electron chi connectivity index (χ3n) is 6.45. The zero-order chi connectivity index (χ0) is 21.3. The molecule has 0 saturated carbocycles. The van der Waals surface area contributed by atoms with Gasteiger partial charge in [-0.1, -0.05) is 80.5 Å². The third kappa shape index (κ3) is 3.11. The van der Waals surface area contributed by atoms with Crippen LogP contribution in [0.2, 0.25) is 0 Å². The number of fused-ring (bicyclic) bond motifs is 1. The van der Waals surface area contributed by atoms with Crippen LogP contribution in [0.1, 0.15) is 96.6 Å². The topological polar surface area (TPSA) is 40.5 Å². The van der Waals surface area contributed by atoms with Crippen LogP contribution < -0.4 is 0 Å². The molecule has 0 fully saturated rings. The molecule has 2 N–H and O–H groups in total. The third-order valence-corrected chi connectivity index (χ3v) is 6.45. The van der Waals surface area contributed by atoms with Crippen LogP contribution in [0.4, 0.5) is 0 Å². The summed E-state index contributed by atoms with van der Waals surface area (Å²) in [6, 6.07) is 10.1. The van der Waals surface area contributed by atoms with Crippen molar-refractivity contribution in [2.75, 3.05) is 0 Å². The quantitative estimate of drug-likeness (QED) is 0.579. The zero-order valence-electron chi connectivity index (χ0n) is 19.0. The van der Waals surface area contributed by atoms with E-state index in [-0.39, 0.29) is 21.7 Å². The molecule has 1 unspecified atom stereocenters. The molecule has 2 aromatic carbocycles. The molecule has 0 heterocycles. The molecule has 2 aromatic rings. The van der Waals surface area contributed by atoms with Gasteiger partial charge < -0.3 is 10.2 Å². The van der Waals surface area contributed by atoms with E-state index in [1.807, 2.05) is 12.1 Å². The summed E-state index contributed by atoms with van der Waals surface area (Å²) in [6.45, 7) is 19.8. The van der Waals surface area contributed by atoms with Crippen molar-refractivity contribution in [3.63, 3.8) is 0 Å². The first-order chi connectivity index (χ1) is 12.6. The van der Waals surface area contributed by atoms with Crippen LogP contribution in [0.5, 0.6) is 11.5 Å². The van der Waals surface area contributed by atoms with E-state index < -0.39 is 0 Å². The lowest BCUT2D eigenvalue weighted by atomic mass is 9.69. The molecule has 0 aromatic heterocycles. The Bertz CT molecular complexity index is 923. The molecule has 1 atom stereocenters. The normalized spacial score (nSPS) is 21.6. The standard InChI is InChI=1S/C26H36O2/c1-23(2,3)18-14-16(10-12-19(18)27)26(9)15-25(7,8)17-11-13-20(28)22(21(17)26)24(4,5)6/h10-14,27-28H,15H2,1-9H3. The summed E-state index contributed by atoms with van der Waals surface area (Å²) in [6.07, 6.45) is 0.968. The lowest BCUT2D eigenvalue weighted by molar-refractivity contribution is 0.412. The van der Waals surface area contributed by atoms with Gasteiger partial charge in [0.1, 0.15) is 11.5 Å². The largest absolute Gasteiger partial charge is 0.508 e. The molecule has 0 saturated heterocycles. The van der Waals surface area contributed by atoms with E-state index in [1.165, 1.54) is 16.7 Å². The van der Waals surface area contributed by atoms with Crippen LogP contribution in [0.3, 0.4) is 0 Å². The van der Waals surface area contributed by atoms with Gasteiger partial charge in [0.15, 0.2) is 0 Å². The number of benzene rings is 2. The molecule has 0 amide bonds. The van der Waals surface area contributed by atoms with Gasteiger partial charge in [0.2, 0.25) is 0 Å². The maximum absolute atomic E-state index is 10.8. The van der Waals surface area contributed by atoms with Crippen molar-refractivity contribution < 1.29 is 10.2 Å². The first-order valence-corrected chi connectivity index (χ1v) is 10.3. The molecule has 1 aliphatic carbocycles. The minimum atomic E-state index is -0.228. The Kier molecular flexibility index (Phi) is 4.46. The monoisotopic (exact) mass is 380 g/mol. The molecule has 3 rings (SSSR count). The highest BCUT2D eigenvalue weighted by molar-refractivity contribution is 5.61. The van der Waals surface area contributed by atoms with Crippen molar-refractivity contribution >= 4 is 0 Å². The van der Waals surface area contributed by atoms with Crippen molar-refractivity contribution in [2.24, 2.45) is 0 Å². The van der Waals surface area contributed by atoms with Gasteiger partial charge in [-0.15, -0.1) is 0 Å². The minimum absolute atomic E-state index is 0.0115. The van der Waals surface area contributed by atoms with Gasteiger partial charge in [0.25, 0.3) is 0 Å². The van der Waals surface area contributed by atoms with Crippen LogP contribution in [0.25, 0.3) is 0 Å². The van der Waals surface area contributed by atoms with E-state index >= 15 is 0 Å². The highest BCUT2D eigenvalue weighted by Crippen LogP contribution is 2.57. The number of aromatic hydroxyl groups is 2. The van der Waals surface area contributed by atoms with E-state index in [9.17, 15) is 10.2 Å². The molecule has 0 radical (unpaired) electrons. The molecule has 1 aliphatic rings. The van der Waals surface area contributed by atoms with Gasteiger partial charge in [-0.05, 0) is 57.1 Å². The number of phenolic OH excluding ortho intramolecular Hbond substituents is 2. The summed E-state index contributed by atoms with van der Waals surface area (Å²) in [4.78, 5) is 0. The Hall–Kier alpha value is -1.96. The fourth-order valence-corrected chi connectivity index (χ4v) is 5.28. The van der Waals surface area contributed by atoms with E-state index in [2.05, 4.69) is 80.5 Å². The van der Waals surface area contributed by atoms with Gasteiger partial charge in [-0.25, -0.2) is 0 Å². The Balaban J connectivity index is 2.37. The summed E-state index contributed by atoms with van der Waals surface area (Å²) in [7, 11) is 0. The lowest BCUT2D eigenvalue weighted by Crippen LogP contribution is -2.27. The Morgan fingerprint density at radius 2 is 1.36 bits per heavy atom. The summed E-state index contributed by atoms with van der Waals surface area (Å²) in [5.41, 5.74) is 5.28. The summed E-state index contributed by atoms with van der Waals surface area (Å²) < 4.78 is 0. The lowest BCUT2D eigenvalue weighted by Gasteiger charge is -2.34. The fourth-order valence-electron chi connectivity index (χ4n) is 5.28. The summed E-state index contributed by atoms with van der Waals surface area (Å²) in [5, 5.41) is 21.3. The molecule has 2 nitrogen and oxygen atoms in total. The van der Waals surface area contributed by atoms with E-state index in [4.69, 9.17) is 0 Å². The van der Waals surface area contributed by atoms with Crippen molar-refractivity contribution in [3.8, 4) is 11.5 Å². The molecule has 152 valence electrons. The maximum Gasteiger partial charge on any atom is 0.119 e. The smallest absolute Gasteiger partial charge is 0.119 e. The van der Waals surface area contributed by atoms with Gasteiger partial charge in [0.05, 0.1) is 0 Å². The predicted octanol–water partition coefficient (Wildman–Crippen LogP) is 6.68. The highest BCUT2D eigenvalue weighted by Gasteiger charge is 2.49. The second-order valence-electron chi connectivity index (χ2n) is 11.5. The van der Waals surface area contributed by atoms with Crippen LogP contribution in [0.15, 0.2) is 30.3 Å². The molecule has 0 bridgehead atoms. The highest BCUT2D eigenvalue weighted by atomic mass is 16.3. The first-order valence-electron chi connectivity index (χ1n) is 10.3. The summed E-state index contributed by atoms with van der Waals surface area (Å²) >= 11 is 0. The van der Waals surface area contributed by atoms with Gasteiger partial charge in [0, 0.05) is 11.0 Å². The minimum Gasteiger partial charge on any atom is -0.508 e. The van der Waals surface area contributed by atoms with Crippen molar-refractivity contribution in [2.45, 2.75) is 90.4 Å². The number of rotatable bonds is 1. The van der Waals surface area contributed by atoms with Crippen molar-refractivity contribution in [1.82, 2.24) is 0 Å². The average Bonchev–Trinajstić information content (AvgIpc) is 2.72. The maximum atomic E-state index is 10.8. The molecular weight excluding hydrogens is 344 g/mol. The van der Waals surface area contributed by atoms with E-state index in [0.717, 1.165) is 17.5 Å². The number of hydrogen-bond acceptors (Lipinski definition) is 2. The SMILES string of the molecule is CC(C)(C)c1cc(C2(C)CC(C)(C)c3ccc(O)c(C(C)(C)C)c32)ccc1O. The second kappa shape index (κ2) is 6.02. The second-order valence-corrected chi connectivity index (χ2v) is 11.5.